The van der Waals surface area contributed by atoms with Gasteiger partial charge in [-0.1, -0.05) is 25.9 Å². The number of hydrogen-bond donors (Lipinski definition) is 1. The van der Waals surface area contributed by atoms with Crippen LogP contribution in [0.5, 0.6) is 0 Å². The Kier molecular flexibility index (Phi) is 4.28. The van der Waals surface area contributed by atoms with Crippen molar-refractivity contribution in [3.8, 4) is 0 Å². The van der Waals surface area contributed by atoms with E-state index in [1.54, 1.807) is 11.8 Å². The van der Waals surface area contributed by atoms with Crippen LogP contribution in [0.3, 0.4) is 0 Å². The van der Waals surface area contributed by atoms with Crippen LogP contribution < -0.4 is 5.32 Å². The molecule has 2 fully saturated rings. The van der Waals surface area contributed by atoms with Crippen LogP contribution in [0, 0.1) is 30.6 Å². The second-order valence-corrected chi connectivity index (χ2v) is 9.01. The zero-order chi connectivity index (χ0) is 16.8. The van der Waals surface area contributed by atoms with Gasteiger partial charge in [0, 0.05) is 17.4 Å². The molecular weight excluding hydrogens is 308 g/mol. The summed E-state index contributed by atoms with van der Waals surface area (Å²) in [6, 6.07) is 0.336. The van der Waals surface area contributed by atoms with Crippen LogP contribution in [0.15, 0.2) is 4.52 Å². The summed E-state index contributed by atoms with van der Waals surface area (Å²) in [5.74, 6) is 3.06. The molecule has 23 heavy (non-hydrogen) atoms. The Balaban J connectivity index is 1.51. The number of nitrogens with zero attached hydrogens (tertiary/aromatic N) is 1. The van der Waals surface area contributed by atoms with E-state index in [1.807, 2.05) is 13.8 Å². The summed E-state index contributed by atoms with van der Waals surface area (Å²) >= 11 is 1.64. The van der Waals surface area contributed by atoms with Crippen LogP contribution in [-0.2, 0) is 10.5 Å². The predicted molar refractivity (Wildman–Crippen MR) is 93.3 cm³/mol. The molecule has 1 heterocycles. The number of fused-ring (bicyclic) bond motifs is 2. The first-order valence-corrected chi connectivity index (χ1v) is 9.70. The Hall–Kier alpha value is -0.970. The molecule has 1 aromatic heterocycles. The van der Waals surface area contributed by atoms with E-state index in [2.05, 4.69) is 31.2 Å². The normalized spacial score (nSPS) is 31.5. The van der Waals surface area contributed by atoms with E-state index in [0.29, 0.717) is 17.2 Å². The van der Waals surface area contributed by atoms with Crippen molar-refractivity contribution in [1.82, 2.24) is 10.5 Å². The summed E-state index contributed by atoms with van der Waals surface area (Å²) in [5.41, 5.74) is 2.64. The number of aromatic nitrogens is 1. The SMILES string of the molecule is Cc1noc(C)c1CSCC(=O)NC1CC2CCC1(C)C2(C)C. The van der Waals surface area contributed by atoms with E-state index in [9.17, 15) is 4.79 Å². The lowest BCUT2D eigenvalue weighted by molar-refractivity contribution is -0.120. The lowest BCUT2D eigenvalue weighted by Gasteiger charge is -2.39. The first-order chi connectivity index (χ1) is 10.8. The van der Waals surface area contributed by atoms with E-state index >= 15 is 0 Å². The average Bonchev–Trinajstić information content (AvgIpc) is 2.98. The largest absolute Gasteiger partial charge is 0.361 e. The molecule has 1 aromatic rings. The Morgan fingerprint density at radius 3 is 2.65 bits per heavy atom. The second kappa shape index (κ2) is 5.83. The maximum absolute atomic E-state index is 12.4. The molecule has 2 bridgehead atoms. The highest BCUT2D eigenvalue weighted by Crippen LogP contribution is 2.65. The molecule has 0 radical (unpaired) electrons. The van der Waals surface area contributed by atoms with Gasteiger partial charge in [-0.2, -0.15) is 0 Å². The van der Waals surface area contributed by atoms with Gasteiger partial charge in [0.05, 0.1) is 11.4 Å². The quantitative estimate of drug-likeness (QED) is 0.887. The zero-order valence-corrected chi connectivity index (χ0v) is 15.7. The van der Waals surface area contributed by atoms with Gasteiger partial charge in [-0.25, -0.2) is 0 Å². The molecule has 0 aromatic carbocycles. The monoisotopic (exact) mass is 336 g/mol. The van der Waals surface area contributed by atoms with Crippen molar-refractivity contribution in [2.75, 3.05) is 5.75 Å². The van der Waals surface area contributed by atoms with Gasteiger partial charge in [-0.05, 0) is 49.9 Å². The highest BCUT2D eigenvalue weighted by molar-refractivity contribution is 7.99. The van der Waals surface area contributed by atoms with Crippen molar-refractivity contribution < 1.29 is 9.32 Å². The number of amides is 1. The van der Waals surface area contributed by atoms with Gasteiger partial charge in [0.1, 0.15) is 5.76 Å². The molecule has 2 saturated carbocycles. The second-order valence-electron chi connectivity index (χ2n) is 8.03. The summed E-state index contributed by atoms with van der Waals surface area (Å²) in [5, 5.41) is 7.28. The van der Waals surface area contributed by atoms with Gasteiger partial charge in [0.2, 0.25) is 5.91 Å². The summed E-state index contributed by atoms with van der Waals surface area (Å²) in [6.07, 6.45) is 3.70. The smallest absolute Gasteiger partial charge is 0.230 e. The van der Waals surface area contributed by atoms with Gasteiger partial charge >= 0.3 is 0 Å². The molecule has 0 spiro atoms. The third-order valence-corrected chi connectivity index (χ3v) is 7.75. The minimum Gasteiger partial charge on any atom is -0.361 e. The van der Waals surface area contributed by atoms with Crippen molar-refractivity contribution in [1.29, 1.82) is 0 Å². The first-order valence-electron chi connectivity index (χ1n) is 8.54. The number of hydrogen-bond acceptors (Lipinski definition) is 4. The zero-order valence-electron chi connectivity index (χ0n) is 14.9. The number of carbonyl (C=O) groups excluding carboxylic acids is 1. The maximum Gasteiger partial charge on any atom is 0.230 e. The summed E-state index contributed by atoms with van der Waals surface area (Å²) in [6.45, 7) is 11.0. The maximum atomic E-state index is 12.4. The molecule has 3 rings (SSSR count). The van der Waals surface area contributed by atoms with Crippen LogP contribution >= 0.6 is 11.8 Å². The molecule has 3 unspecified atom stereocenters. The fourth-order valence-electron chi connectivity index (χ4n) is 4.61. The highest BCUT2D eigenvalue weighted by atomic mass is 32.2. The number of nitrogens with one attached hydrogen (secondary N) is 1. The van der Waals surface area contributed by atoms with Gasteiger partial charge in [-0.15, -0.1) is 11.8 Å². The van der Waals surface area contributed by atoms with Gasteiger partial charge < -0.3 is 9.84 Å². The predicted octanol–water partition coefficient (Wildman–Crippen LogP) is 3.86. The number of thioether (sulfide) groups is 1. The van der Waals surface area contributed by atoms with E-state index in [1.165, 1.54) is 12.8 Å². The molecule has 5 heteroatoms. The third kappa shape index (κ3) is 2.71. The molecule has 128 valence electrons. The standard InChI is InChI=1S/C18H28N2O2S/c1-11-14(12(2)22-20-11)9-23-10-16(21)19-15-8-13-6-7-18(15,5)17(13,3)4/h13,15H,6-10H2,1-5H3,(H,19,21). The van der Waals surface area contributed by atoms with E-state index in [0.717, 1.165) is 35.1 Å². The lowest BCUT2D eigenvalue weighted by atomic mass is 9.69. The lowest BCUT2D eigenvalue weighted by Crippen LogP contribution is -2.47. The van der Waals surface area contributed by atoms with Crippen molar-refractivity contribution >= 4 is 17.7 Å². The Labute approximate surface area is 143 Å². The molecule has 4 nitrogen and oxygen atoms in total. The average molecular weight is 337 g/mol. The summed E-state index contributed by atoms with van der Waals surface area (Å²) in [4.78, 5) is 12.4. The minimum atomic E-state index is 0.163. The molecule has 0 aliphatic heterocycles. The molecule has 2 aliphatic carbocycles. The Bertz CT molecular complexity index is 591. The van der Waals surface area contributed by atoms with Gasteiger partial charge in [0.25, 0.3) is 0 Å². The van der Waals surface area contributed by atoms with Crippen molar-refractivity contribution in [3.05, 3.63) is 17.0 Å². The minimum absolute atomic E-state index is 0.163. The molecular formula is C18H28N2O2S. The fraction of sp³-hybridized carbons (Fsp3) is 0.778. The van der Waals surface area contributed by atoms with Gasteiger partial charge in [0.15, 0.2) is 0 Å². The molecule has 2 aliphatic rings. The molecule has 1 N–H and O–H groups in total. The number of carbonyl (C=O) groups is 1. The number of rotatable bonds is 5. The number of aryl methyl sites for hydroxylation is 2. The Morgan fingerprint density at radius 1 is 1.39 bits per heavy atom. The Morgan fingerprint density at radius 2 is 2.13 bits per heavy atom. The van der Waals surface area contributed by atoms with Crippen molar-refractivity contribution in [2.24, 2.45) is 16.7 Å². The van der Waals surface area contributed by atoms with Crippen LogP contribution in [0.25, 0.3) is 0 Å². The van der Waals surface area contributed by atoms with E-state index < -0.39 is 0 Å². The first kappa shape index (κ1) is 16.9. The molecule has 3 atom stereocenters. The molecule has 0 saturated heterocycles. The topological polar surface area (TPSA) is 55.1 Å². The van der Waals surface area contributed by atoms with Crippen molar-refractivity contribution in [2.45, 2.75) is 65.7 Å². The van der Waals surface area contributed by atoms with Crippen LogP contribution in [0.1, 0.15) is 57.1 Å². The highest BCUT2D eigenvalue weighted by Gasteiger charge is 2.61. The van der Waals surface area contributed by atoms with E-state index in [4.69, 9.17) is 4.52 Å². The van der Waals surface area contributed by atoms with E-state index in [-0.39, 0.29) is 11.3 Å². The fourth-order valence-corrected chi connectivity index (χ4v) is 5.60. The summed E-state index contributed by atoms with van der Waals surface area (Å²) in [7, 11) is 0. The van der Waals surface area contributed by atoms with Crippen molar-refractivity contribution in [3.63, 3.8) is 0 Å². The third-order valence-electron chi connectivity index (χ3n) is 6.79. The molecule has 1 amide bonds. The van der Waals surface area contributed by atoms with Crippen LogP contribution in [0.2, 0.25) is 0 Å². The van der Waals surface area contributed by atoms with Crippen LogP contribution in [0.4, 0.5) is 0 Å². The van der Waals surface area contributed by atoms with Gasteiger partial charge in [-0.3, -0.25) is 4.79 Å². The van der Waals surface area contributed by atoms with Crippen LogP contribution in [-0.4, -0.2) is 22.9 Å². The summed E-state index contributed by atoms with van der Waals surface area (Å²) < 4.78 is 5.17.